The van der Waals surface area contributed by atoms with Gasteiger partial charge in [-0.3, -0.25) is 0 Å². The highest BCUT2D eigenvalue weighted by molar-refractivity contribution is 9.11. The van der Waals surface area contributed by atoms with Crippen LogP contribution in [0.4, 0.5) is 17.1 Å². The van der Waals surface area contributed by atoms with Gasteiger partial charge in [0.05, 0.1) is 5.69 Å². The first kappa shape index (κ1) is 35.5. The minimum atomic E-state index is 0.0129. The molecule has 276 valence electrons. The highest BCUT2D eigenvalue weighted by Gasteiger charge is 2.23. The largest absolute Gasteiger partial charge is 0.456 e. The van der Waals surface area contributed by atoms with Crippen LogP contribution in [0.5, 0.6) is 0 Å². The molecule has 0 saturated heterocycles. The number of rotatable bonds is 6. The lowest BCUT2D eigenvalue weighted by atomic mass is 9.87. The van der Waals surface area contributed by atoms with Gasteiger partial charge < -0.3 is 13.7 Å². The topological polar surface area (TPSA) is 29.5 Å². The molecule has 8 aromatic carbocycles. The summed E-state index contributed by atoms with van der Waals surface area (Å²) in [6, 6.07) is 60.4. The van der Waals surface area contributed by atoms with Gasteiger partial charge in [0.1, 0.15) is 22.3 Å². The summed E-state index contributed by atoms with van der Waals surface area (Å²) in [5.41, 5.74) is 14.5. The summed E-state index contributed by atoms with van der Waals surface area (Å²) < 4.78 is 15.0. The van der Waals surface area contributed by atoms with Gasteiger partial charge in [-0.2, -0.15) is 0 Å². The van der Waals surface area contributed by atoms with Crippen molar-refractivity contribution in [1.29, 1.82) is 0 Å². The van der Waals surface area contributed by atoms with Gasteiger partial charge in [-0.15, -0.1) is 0 Å². The molecule has 2 aromatic heterocycles. The zero-order chi connectivity index (χ0) is 38.8. The van der Waals surface area contributed by atoms with Gasteiger partial charge in [0, 0.05) is 47.4 Å². The molecule has 0 radical (unpaired) electrons. The molecule has 2 heterocycles. The minimum Gasteiger partial charge on any atom is -0.456 e. The summed E-state index contributed by atoms with van der Waals surface area (Å²) in [6.45, 7) is 6.78. The van der Waals surface area contributed by atoms with E-state index in [-0.39, 0.29) is 5.41 Å². The predicted octanol–water partition coefficient (Wildman–Crippen LogP) is 16.8. The van der Waals surface area contributed by atoms with Crippen LogP contribution in [0.1, 0.15) is 26.3 Å². The summed E-state index contributed by atoms with van der Waals surface area (Å²) >= 11 is 7.75. The number of hydrogen-bond donors (Lipinski definition) is 0. The van der Waals surface area contributed by atoms with E-state index >= 15 is 0 Å². The second-order valence-corrected chi connectivity index (χ2v) is 17.3. The Balaban J connectivity index is 1.31. The van der Waals surface area contributed by atoms with Crippen molar-refractivity contribution in [3.63, 3.8) is 0 Å². The van der Waals surface area contributed by atoms with E-state index in [1.54, 1.807) is 0 Å². The molecule has 0 N–H and O–H groups in total. The Kier molecular flexibility index (Phi) is 8.69. The van der Waals surface area contributed by atoms with E-state index in [1.165, 1.54) is 5.56 Å². The monoisotopic (exact) mass is 865 g/mol. The van der Waals surface area contributed by atoms with E-state index in [9.17, 15) is 0 Å². The molecule has 0 aliphatic rings. The summed E-state index contributed by atoms with van der Waals surface area (Å²) in [6.07, 6.45) is 0. The molecule has 0 aliphatic heterocycles. The van der Waals surface area contributed by atoms with Crippen LogP contribution in [-0.4, -0.2) is 0 Å². The molecule has 0 fully saturated rings. The molecule has 10 rings (SSSR count). The highest BCUT2D eigenvalue weighted by atomic mass is 79.9. The lowest BCUT2D eigenvalue weighted by Gasteiger charge is -2.30. The number of anilines is 3. The quantitative estimate of drug-likeness (QED) is 0.167. The van der Waals surface area contributed by atoms with Crippen molar-refractivity contribution in [1.82, 2.24) is 0 Å². The number of furan rings is 2. The summed E-state index contributed by atoms with van der Waals surface area (Å²) in [5, 5.41) is 4.27. The van der Waals surface area contributed by atoms with Crippen molar-refractivity contribution in [2.45, 2.75) is 26.2 Å². The van der Waals surface area contributed by atoms with Crippen LogP contribution >= 0.6 is 31.9 Å². The SMILES string of the molecule is CC(C)(C)c1ccc(N(c2cc(-c3cccc4oc5cccc(Br)c5c34)cc(-c3cccc4oc5cccc(Br)c5c34)c2)c2ccccc2-c2ccccc2)cc1. The fourth-order valence-corrected chi connectivity index (χ4v) is 9.34. The van der Waals surface area contributed by atoms with E-state index in [2.05, 4.69) is 203 Å². The van der Waals surface area contributed by atoms with Gasteiger partial charge in [0.25, 0.3) is 0 Å². The van der Waals surface area contributed by atoms with Gasteiger partial charge in [-0.25, -0.2) is 0 Å². The molecular formula is C52H37Br2NO2. The molecule has 0 saturated carbocycles. The smallest absolute Gasteiger partial charge is 0.136 e. The van der Waals surface area contributed by atoms with Crippen molar-refractivity contribution in [2.75, 3.05) is 4.90 Å². The van der Waals surface area contributed by atoms with E-state index < -0.39 is 0 Å². The van der Waals surface area contributed by atoms with Crippen LogP contribution in [0.3, 0.4) is 0 Å². The predicted molar refractivity (Wildman–Crippen MR) is 246 cm³/mol. The molecule has 0 amide bonds. The standard InChI is InChI=1S/C52H37Br2NO2/c1-52(2,3)35-25-27-36(28-26-35)55(43-20-8-7-15-38(43)32-13-5-4-6-14-32)37-30-33(39-16-9-21-44-48(39)50-41(53)18-11-23-46(50)56-44)29-34(31-37)40-17-10-22-45-49(40)51-42(54)19-12-24-47(51)57-45/h4-31H,1-3H3. The highest BCUT2D eigenvalue weighted by Crippen LogP contribution is 2.48. The number of fused-ring (bicyclic) bond motifs is 6. The van der Waals surface area contributed by atoms with Crippen LogP contribution in [0.15, 0.2) is 188 Å². The molecule has 0 spiro atoms. The molecule has 0 atom stereocenters. The molecule has 10 aromatic rings. The first-order valence-electron chi connectivity index (χ1n) is 19.1. The summed E-state index contributed by atoms with van der Waals surface area (Å²) in [7, 11) is 0. The zero-order valence-electron chi connectivity index (χ0n) is 31.7. The third-order valence-electron chi connectivity index (χ3n) is 11.0. The number of halogens is 2. The normalized spacial score (nSPS) is 11.9. The average molecular weight is 868 g/mol. The van der Waals surface area contributed by atoms with Crippen molar-refractivity contribution >= 4 is 92.8 Å². The Morgan fingerprint density at radius 1 is 0.404 bits per heavy atom. The number of nitrogens with zero attached hydrogens (tertiary/aromatic N) is 1. The van der Waals surface area contributed by atoms with Crippen molar-refractivity contribution < 1.29 is 8.83 Å². The Hall–Kier alpha value is -5.88. The maximum absolute atomic E-state index is 6.48. The van der Waals surface area contributed by atoms with Crippen LogP contribution in [0.2, 0.25) is 0 Å². The Morgan fingerprint density at radius 3 is 1.42 bits per heavy atom. The Bertz CT molecular complexity index is 3000. The molecule has 0 aliphatic carbocycles. The van der Waals surface area contributed by atoms with E-state index in [0.717, 1.165) is 103 Å². The first-order chi connectivity index (χ1) is 27.7. The third-order valence-corrected chi connectivity index (χ3v) is 12.3. The van der Waals surface area contributed by atoms with Crippen molar-refractivity contribution in [3.05, 3.63) is 184 Å². The molecule has 0 unspecified atom stereocenters. The zero-order valence-corrected chi connectivity index (χ0v) is 34.9. The maximum Gasteiger partial charge on any atom is 0.136 e. The number of hydrogen-bond acceptors (Lipinski definition) is 3. The van der Waals surface area contributed by atoms with Crippen LogP contribution in [0.25, 0.3) is 77.3 Å². The average Bonchev–Trinajstić information content (AvgIpc) is 3.81. The van der Waals surface area contributed by atoms with E-state index in [0.29, 0.717) is 0 Å². The molecule has 0 bridgehead atoms. The Labute approximate surface area is 348 Å². The number of benzene rings is 8. The van der Waals surface area contributed by atoms with Gasteiger partial charge in [-0.1, -0.05) is 150 Å². The second-order valence-electron chi connectivity index (χ2n) is 15.6. The van der Waals surface area contributed by atoms with E-state index in [4.69, 9.17) is 8.83 Å². The van der Waals surface area contributed by atoms with Crippen molar-refractivity contribution in [3.8, 4) is 33.4 Å². The third kappa shape index (κ3) is 6.17. The van der Waals surface area contributed by atoms with Gasteiger partial charge in [-0.05, 0) is 112 Å². The van der Waals surface area contributed by atoms with Crippen LogP contribution < -0.4 is 4.90 Å². The van der Waals surface area contributed by atoms with Gasteiger partial charge >= 0.3 is 0 Å². The van der Waals surface area contributed by atoms with Gasteiger partial charge in [0.15, 0.2) is 0 Å². The fourth-order valence-electron chi connectivity index (χ4n) is 8.25. The molecule has 3 nitrogen and oxygen atoms in total. The Morgan fingerprint density at radius 2 is 0.877 bits per heavy atom. The van der Waals surface area contributed by atoms with Crippen LogP contribution in [-0.2, 0) is 5.41 Å². The minimum absolute atomic E-state index is 0.0129. The second kappa shape index (κ2) is 13.9. The first-order valence-corrected chi connectivity index (χ1v) is 20.7. The summed E-state index contributed by atoms with van der Waals surface area (Å²) in [4.78, 5) is 2.41. The maximum atomic E-state index is 6.48. The lowest BCUT2D eigenvalue weighted by Crippen LogP contribution is -2.14. The summed E-state index contributed by atoms with van der Waals surface area (Å²) in [5.74, 6) is 0. The molecule has 57 heavy (non-hydrogen) atoms. The fraction of sp³-hybridized carbons (Fsp3) is 0.0769. The lowest BCUT2D eigenvalue weighted by molar-refractivity contribution is 0.590. The van der Waals surface area contributed by atoms with Crippen LogP contribution in [0, 0.1) is 0 Å². The number of para-hydroxylation sites is 1. The van der Waals surface area contributed by atoms with Crippen molar-refractivity contribution in [2.24, 2.45) is 0 Å². The molecular weight excluding hydrogens is 830 g/mol. The molecule has 5 heteroatoms. The van der Waals surface area contributed by atoms with E-state index in [1.807, 2.05) is 24.3 Å². The van der Waals surface area contributed by atoms with Gasteiger partial charge in [0.2, 0.25) is 0 Å².